The van der Waals surface area contributed by atoms with Crippen LogP contribution >= 0.6 is 0 Å². The van der Waals surface area contributed by atoms with Crippen LogP contribution < -0.4 is 22.3 Å². The summed E-state index contributed by atoms with van der Waals surface area (Å²) in [5.74, 6) is -0.564. The number of nitrogens with one attached hydrogen (secondary N) is 2. The van der Waals surface area contributed by atoms with Crippen molar-refractivity contribution in [1.82, 2.24) is 15.8 Å². The standard InChI is InChI=1S/C19H32N6O/c1-3-25(4-2)11-10-14-7-5-6-13-8-9-15(12-16(13)17(14)26)19(21)22-18(20)23-24-19/h8-9,12,14,17,24,26H,3-7,10-11,21H2,1-2H3,(H3,20,22,23). The topological polar surface area (TPSA) is 112 Å². The molecule has 1 aromatic rings. The fourth-order valence-corrected chi connectivity index (χ4v) is 4.03. The first-order chi connectivity index (χ1) is 12.5. The zero-order valence-electron chi connectivity index (χ0n) is 15.8. The predicted octanol–water partition coefficient (Wildman–Crippen LogP) is 0.896. The van der Waals surface area contributed by atoms with Gasteiger partial charge < -0.3 is 15.7 Å². The number of hydrogen-bond acceptors (Lipinski definition) is 7. The summed E-state index contributed by atoms with van der Waals surface area (Å²) in [6.45, 7) is 7.49. The third-order valence-corrected chi connectivity index (χ3v) is 5.76. The number of hydrazine groups is 1. The van der Waals surface area contributed by atoms with Gasteiger partial charge in [0, 0.05) is 5.56 Å². The Balaban J connectivity index is 1.82. The van der Waals surface area contributed by atoms with E-state index in [1.54, 1.807) is 0 Å². The molecule has 0 fully saturated rings. The van der Waals surface area contributed by atoms with E-state index in [0.29, 0.717) is 0 Å². The number of aliphatic hydroxyl groups excluding tert-OH is 1. The van der Waals surface area contributed by atoms with Crippen molar-refractivity contribution >= 4 is 5.96 Å². The molecule has 0 amide bonds. The van der Waals surface area contributed by atoms with Gasteiger partial charge in [0.05, 0.1) is 6.10 Å². The van der Waals surface area contributed by atoms with E-state index >= 15 is 0 Å². The summed E-state index contributed by atoms with van der Waals surface area (Å²) in [6.07, 6.45) is 3.67. The number of guanidine groups is 1. The van der Waals surface area contributed by atoms with Crippen LogP contribution in [0.3, 0.4) is 0 Å². The number of fused-ring (bicyclic) bond motifs is 1. The molecular weight excluding hydrogens is 328 g/mol. The third kappa shape index (κ3) is 3.86. The van der Waals surface area contributed by atoms with Crippen molar-refractivity contribution in [2.45, 2.75) is 51.4 Å². The van der Waals surface area contributed by atoms with E-state index in [4.69, 9.17) is 11.5 Å². The average molecular weight is 361 g/mol. The van der Waals surface area contributed by atoms with Crippen LogP contribution in [-0.2, 0) is 12.2 Å². The molecule has 3 unspecified atom stereocenters. The summed E-state index contributed by atoms with van der Waals surface area (Å²) in [6, 6.07) is 6.03. The van der Waals surface area contributed by atoms with Crippen LogP contribution in [0.2, 0.25) is 0 Å². The van der Waals surface area contributed by atoms with Gasteiger partial charge in [-0.25, -0.2) is 4.99 Å². The highest BCUT2D eigenvalue weighted by Crippen LogP contribution is 2.37. The van der Waals surface area contributed by atoms with Crippen molar-refractivity contribution in [3.8, 4) is 0 Å². The Morgan fingerprint density at radius 3 is 2.77 bits per heavy atom. The highest BCUT2D eigenvalue weighted by Gasteiger charge is 2.34. The third-order valence-electron chi connectivity index (χ3n) is 5.76. The van der Waals surface area contributed by atoms with Gasteiger partial charge in [-0.1, -0.05) is 26.0 Å². The summed E-state index contributed by atoms with van der Waals surface area (Å²) in [5.41, 5.74) is 20.7. The van der Waals surface area contributed by atoms with Gasteiger partial charge in [-0.2, -0.15) is 5.43 Å². The van der Waals surface area contributed by atoms with Gasteiger partial charge in [0.1, 0.15) is 0 Å². The largest absolute Gasteiger partial charge is 0.388 e. The van der Waals surface area contributed by atoms with Crippen molar-refractivity contribution < 1.29 is 5.11 Å². The smallest absolute Gasteiger partial charge is 0.209 e. The molecule has 7 nitrogen and oxygen atoms in total. The van der Waals surface area contributed by atoms with E-state index in [1.165, 1.54) is 5.56 Å². The van der Waals surface area contributed by atoms with Crippen LogP contribution in [0, 0.1) is 5.92 Å². The first-order valence-electron chi connectivity index (χ1n) is 9.68. The second-order valence-corrected chi connectivity index (χ2v) is 7.34. The number of aliphatic hydroxyl groups is 1. The highest BCUT2D eigenvalue weighted by atomic mass is 16.3. The molecule has 1 aliphatic carbocycles. The molecule has 0 saturated heterocycles. The van der Waals surface area contributed by atoms with Crippen LogP contribution in [0.1, 0.15) is 55.9 Å². The Morgan fingerprint density at radius 1 is 1.35 bits per heavy atom. The molecule has 1 heterocycles. The second kappa shape index (κ2) is 7.92. The van der Waals surface area contributed by atoms with Gasteiger partial charge in [-0.05, 0) is 68.4 Å². The lowest BCUT2D eigenvalue weighted by Crippen LogP contribution is -2.50. The van der Waals surface area contributed by atoms with Crippen molar-refractivity contribution in [2.24, 2.45) is 22.4 Å². The quantitative estimate of drug-likeness (QED) is 0.482. The maximum Gasteiger partial charge on any atom is 0.209 e. The summed E-state index contributed by atoms with van der Waals surface area (Å²) >= 11 is 0. The van der Waals surface area contributed by atoms with Crippen LogP contribution in [0.25, 0.3) is 0 Å². The average Bonchev–Trinajstić information content (AvgIpc) is 2.91. The second-order valence-electron chi connectivity index (χ2n) is 7.34. The fraction of sp³-hybridized carbons (Fsp3) is 0.632. The van der Waals surface area contributed by atoms with E-state index in [1.807, 2.05) is 12.1 Å². The lowest BCUT2D eigenvalue weighted by molar-refractivity contribution is 0.0915. The molecule has 0 bridgehead atoms. The summed E-state index contributed by atoms with van der Waals surface area (Å²) in [4.78, 5) is 6.66. The Kier molecular flexibility index (Phi) is 5.82. The van der Waals surface area contributed by atoms with Gasteiger partial charge in [0.25, 0.3) is 0 Å². The van der Waals surface area contributed by atoms with E-state index in [9.17, 15) is 5.11 Å². The number of aryl methyl sites for hydroxylation is 1. The molecule has 0 saturated carbocycles. The van der Waals surface area contributed by atoms with Crippen molar-refractivity contribution in [3.63, 3.8) is 0 Å². The zero-order valence-corrected chi connectivity index (χ0v) is 15.8. The summed E-state index contributed by atoms with van der Waals surface area (Å²) < 4.78 is 0. The number of aliphatic imine (C=N–C) groups is 1. The van der Waals surface area contributed by atoms with Gasteiger partial charge in [-0.3, -0.25) is 11.2 Å². The Labute approximate surface area is 155 Å². The van der Waals surface area contributed by atoms with Crippen LogP contribution in [0.15, 0.2) is 23.2 Å². The molecule has 1 aromatic carbocycles. The lowest BCUT2D eigenvalue weighted by Gasteiger charge is -2.27. The molecule has 26 heavy (non-hydrogen) atoms. The van der Waals surface area contributed by atoms with Gasteiger partial charge in [0.15, 0.2) is 0 Å². The lowest BCUT2D eigenvalue weighted by atomic mass is 9.89. The molecule has 0 aromatic heterocycles. The molecule has 2 aliphatic rings. The fourth-order valence-electron chi connectivity index (χ4n) is 4.03. The first kappa shape index (κ1) is 19.1. The van der Waals surface area contributed by atoms with Crippen molar-refractivity contribution in [3.05, 3.63) is 34.9 Å². The maximum absolute atomic E-state index is 11.1. The maximum atomic E-state index is 11.1. The van der Waals surface area contributed by atoms with Crippen molar-refractivity contribution in [1.29, 1.82) is 0 Å². The molecule has 144 valence electrons. The minimum atomic E-state index is -1.10. The molecule has 7 N–H and O–H groups in total. The zero-order chi connectivity index (χ0) is 18.7. The molecular formula is C19H32N6O. The highest BCUT2D eigenvalue weighted by molar-refractivity contribution is 5.79. The number of nitrogens with two attached hydrogens (primary N) is 2. The first-order valence-corrected chi connectivity index (χ1v) is 9.68. The van der Waals surface area contributed by atoms with Gasteiger partial charge >= 0.3 is 0 Å². The Morgan fingerprint density at radius 2 is 2.12 bits per heavy atom. The monoisotopic (exact) mass is 360 g/mol. The molecule has 3 atom stereocenters. The number of hydrogen-bond donors (Lipinski definition) is 5. The van der Waals surface area contributed by atoms with E-state index < -0.39 is 11.9 Å². The summed E-state index contributed by atoms with van der Waals surface area (Å²) in [7, 11) is 0. The minimum absolute atomic E-state index is 0.264. The Hall–Kier alpha value is -1.67. The van der Waals surface area contributed by atoms with Crippen LogP contribution in [-0.4, -0.2) is 35.6 Å². The van der Waals surface area contributed by atoms with Gasteiger partial charge in [0.2, 0.25) is 11.7 Å². The van der Waals surface area contributed by atoms with E-state index in [-0.39, 0.29) is 11.9 Å². The predicted molar refractivity (Wildman–Crippen MR) is 104 cm³/mol. The molecule has 0 radical (unpaired) electrons. The molecule has 3 rings (SSSR count). The van der Waals surface area contributed by atoms with E-state index in [0.717, 1.165) is 56.4 Å². The van der Waals surface area contributed by atoms with E-state index in [2.05, 4.69) is 40.7 Å². The Bertz CT molecular complexity index is 659. The SMILES string of the molecule is CCN(CC)CCC1CCCc2ccc(C3(N)N=C(N)NN3)cc2C1O. The molecule has 7 heteroatoms. The molecule has 1 aliphatic heterocycles. The number of nitrogens with zero attached hydrogens (tertiary/aromatic N) is 2. The van der Waals surface area contributed by atoms with Crippen LogP contribution in [0.5, 0.6) is 0 Å². The number of benzene rings is 1. The number of rotatable bonds is 6. The minimum Gasteiger partial charge on any atom is -0.388 e. The molecule has 0 spiro atoms. The van der Waals surface area contributed by atoms with Crippen molar-refractivity contribution in [2.75, 3.05) is 19.6 Å². The van der Waals surface area contributed by atoms with Gasteiger partial charge in [-0.15, -0.1) is 0 Å². The van der Waals surface area contributed by atoms with Crippen LogP contribution in [0.4, 0.5) is 0 Å². The normalized spacial score (nSPS) is 28.4. The summed E-state index contributed by atoms with van der Waals surface area (Å²) in [5, 5.41) is 11.1.